The minimum Gasteiger partial charge on any atom is -0.374 e. The van der Waals surface area contributed by atoms with Gasteiger partial charge in [-0.2, -0.15) is 0 Å². The summed E-state index contributed by atoms with van der Waals surface area (Å²) in [6.45, 7) is 2.69. The molecule has 0 radical (unpaired) electrons. The minimum absolute atomic E-state index is 0.295. The quantitative estimate of drug-likeness (QED) is 0.416. The van der Waals surface area contributed by atoms with Crippen molar-refractivity contribution in [1.29, 1.82) is 0 Å². The van der Waals surface area contributed by atoms with Gasteiger partial charge in [0.1, 0.15) is 12.2 Å². The summed E-state index contributed by atoms with van der Waals surface area (Å²) in [5.41, 5.74) is 3.29. The summed E-state index contributed by atoms with van der Waals surface area (Å²) in [5, 5.41) is 0. The molecule has 2 aliphatic rings. The molecule has 184 valence electrons. The summed E-state index contributed by atoms with van der Waals surface area (Å²) in [6.07, 6.45) is -0.645. The van der Waals surface area contributed by atoms with E-state index < -0.39 is 12.1 Å². The number of hydrogen-bond acceptors (Lipinski definition) is 6. The molecule has 3 aromatic carbocycles. The monoisotopic (exact) mass is 476 g/mol. The van der Waals surface area contributed by atoms with Crippen LogP contribution in [0.2, 0.25) is 0 Å². The summed E-state index contributed by atoms with van der Waals surface area (Å²) in [5.74, 6) is -1.13. The van der Waals surface area contributed by atoms with Crippen molar-refractivity contribution in [3.05, 3.63) is 108 Å². The molecule has 0 N–H and O–H groups in total. The number of hydrogen-bond donors (Lipinski definition) is 0. The van der Waals surface area contributed by atoms with Crippen molar-refractivity contribution < 1.29 is 28.4 Å². The molecule has 2 heterocycles. The number of rotatable bonds is 10. The standard InChI is InChI=1S/C29H32O6/c1-4-10-23(11-5-1)19-30-22-27-28(32-21-25-14-8-3-9-15-25)26(18-29(35-27)33-16-17-34-29)31-20-24-12-6-2-7-13-24/h1-15,26-28H,16-22H2/t26-,27-,28+/m1/s1. The maximum atomic E-state index is 6.45. The van der Waals surface area contributed by atoms with Gasteiger partial charge in [0.25, 0.3) is 5.97 Å². The van der Waals surface area contributed by atoms with Crippen LogP contribution in [-0.4, -0.2) is 44.1 Å². The molecular formula is C29H32O6. The molecule has 2 aliphatic heterocycles. The smallest absolute Gasteiger partial charge is 0.286 e. The second-order valence-electron chi connectivity index (χ2n) is 8.84. The maximum absolute atomic E-state index is 6.45. The highest BCUT2D eigenvalue weighted by molar-refractivity contribution is 5.15. The van der Waals surface area contributed by atoms with E-state index in [0.29, 0.717) is 46.1 Å². The van der Waals surface area contributed by atoms with Crippen LogP contribution in [0.25, 0.3) is 0 Å². The van der Waals surface area contributed by atoms with Crippen LogP contribution in [0.15, 0.2) is 91.0 Å². The van der Waals surface area contributed by atoms with Crippen LogP contribution < -0.4 is 0 Å². The van der Waals surface area contributed by atoms with Gasteiger partial charge in [0.05, 0.1) is 52.2 Å². The van der Waals surface area contributed by atoms with Crippen molar-refractivity contribution in [2.24, 2.45) is 0 Å². The van der Waals surface area contributed by atoms with E-state index in [2.05, 4.69) is 24.3 Å². The Balaban J connectivity index is 1.32. The molecule has 0 aliphatic carbocycles. The zero-order valence-electron chi connectivity index (χ0n) is 19.8. The highest BCUT2D eigenvalue weighted by Crippen LogP contribution is 2.38. The van der Waals surface area contributed by atoms with Crippen molar-refractivity contribution in [3.8, 4) is 0 Å². The predicted molar refractivity (Wildman–Crippen MR) is 130 cm³/mol. The Morgan fingerprint density at radius 3 is 1.74 bits per heavy atom. The van der Waals surface area contributed by atoms with Crippen LogP contribution in [0.5, 0.6) is 0 Å². The molecule has 6 nitrogen and oxygen atoms in total. The van der Waals surface area contributed by atoms with Crippen molar-refractivity contribution in [3.63, 3.8) is 0 Å². The highest BCUT2D eigenvalue weighted by atomic mass is 16.9. The summed E-state index contributed by atoms with van der Waals surface area (Å²) >= 11 is 0. The molecule has 2 saturated heterocycles. The Morgan fingerprint density at radius 1 is 0.657 bits per heavy atom. The van der Waals surface area contributed by atoms with Crippen molar-refractivity contribution in [2.75, 3.05) is 19.8 Å². The van der Waals surface area contributed by atoms with Gasteiger partial charge in [-0.25, -0.2) is 0 Å². The van der Waals surface area contributed by atoms with Crippen LogP contribution in [0.4, 0.5) is 0 Å². The molecule has 0 saturated carbocycles. The first-order valence-corrected chi connectivity index (χ1v) is 12.2. The zero-order valence-corrected chi connectivity index (χ0v) is 19.8. The van der Waals surface area contributed by atoms with E-state index in [0.717, 1.165) is 16.7 Å². The van der Waals surface area contributed by atoms with E-state index in [1.165, 1.54) is 0 Å². The molecule has 0 amide bonds. The normalized spacial score (nSPS) is 23.5. The van der Waals surface area contributed by atoms with Gasteiger partial charge < -0.3 is 28.4 Å². The number of benzene rings is 3. The lowest BCUT2D eigenvalue weighted by Crippen LogP contribution is -2.58. The predicted octanol–water partition coefficient (Wildman–Crippen LogP) is 4.86. The van der Waals surface area contributed by atoms with Crippen LogP contribution in [0.1, 0.15) is 23.1 Å². The Morgan fingerprint density at radius 2 is 1.17 bits per heavy atom. The summed E-state index contributed by atoms with van der Waals surface area (Å²) < 4.78 is 37.2. The largest absolute Gasteiger partial charge is 0.374 e. The van der Waals surface area contributed by atoms with Crippen molar-refractivity contribution in [2.45, 2.75) is 50.5 Å². The molecule has 0 bridgehead atoms. The average Bonchev–Trinajstić information content (AvgIpc) is 3.36. The highest BCUT2D eigenvalue weighted by Gasteiger charge is 2.52. The minimum atomic E-state index is -1.13. The SMILES string of the molecule is c1ccc(COC[C@H]2OC3(C[C@@H](OCc4ccccc4)[C@@H]2OCc2ccccc2)OCCO3)cc1. The first-order valence-electron chi connectivity index (χ1n) is 12.2. The Hall–Kier alpha value is -2.58. The Kier molecular flexibility index (Phi) is 8.21. The lowest BCUT2D eigenvalue weighted by molar-refractivity contribution is -0.400. The fourth-order valence-corrected chi connectivity index (χ4v) is 4.48. The molecule has 2 fully saturated rings. The van der Waals surface area contributed by atoms with Crippen LogP contribution >= 0.6 is 0 Å². The molecule has 3 aromatic rings. The van der Waals surface area contributed by atoms with Crippen LogP contribution in [-0.2, 0) is 48.2 Å². The van der Waals surface area contributed by atoms with E-state index in [1.54, 1.807) is 0 Å². The first kappa shape index (κ1) is 24.1. The lowest BCUT2D eigenvalue weighted by atomic mass is 9.99. The van der Waals surface area contributed by atoms with Crippen LogP contribution in [0, 0.1) is 0 Å². The van der Waals surface area contributed by atoms with E-state index >= 15 is 0 Å². The molecule has 0 unspecified atom stereocenters. The third-order valence-electron chi connectivity index (χ3n) is 6.23. The Bertz CT molecular complexity index is 1010. The average molecular weight is 477 g/mol. The van der Waals surface area contributed by atoms with Gasteiger partial charge in [-0.15, -0.1) is 0 Å². The second-order valence-corrected chi connectivity index (χ2v) is 8.84. The van der Waals surface area contributed by atoms with E-state index in [9.17, 15) is 0 Å². The van der Waals surface area contributed by atoms with E-state index in [4.69, 9.17) is 28.4 Å². The van der Waals surface area contributed by atoms with E-state index in [-0.39, 0.29) is 12.2 Å². The van der Waals surface area contributed by atoms with Gasteiger partial charge in [-0.05, 0) is 16.7 Å². The lowest BCUT2D eigenvalue weighted by Gasteiger charge is -2.44. The van der Waals surface area contributed by atoms with Gasteiger partial charge in [0, 0.05) is 0 Å². The second kappa shape index (κ2) is 11.9. The fourth-order valence-electron chi connectivity index (χ4n) is 4.48. The molecule has 0 aromatic heterocycles. The maximum Gasteiger partial charge on any atom is 0.286 e. The van der Waals surface area contributed by atoms with Gasteiger partial charge in [-0.1, -0.05) is 91.0 Å². The molecule has 6 heteroatoms. The molecule has 3 atom stereocenters. The molecular weight excluding hydrogens is 444 g/mol. The van der Waals surface area contributed by atoms with Gasteiger partial charge >= 0.3 is 0 Å². The number of ether oxygens (including phenoxy) is 6. The zero-order chi connectivity index (χ0) is 23.8. The molecule has 5 rings (SSSR count). The molecule has 1 spiro atoms. The topological polar surface area (TPSA) is 55.4 Å². The van der Waals surface area contributed by atoms with Crippen LogP contribution in [0.3, 0.4) is 0 Å². The van der Waals surface area contributed by atoms with E-state index in [1.807, 2.05) is 66.7 Å². The first-order chi connectivity index (χ1) is 17.3. The van der Waals surface area contributed by atoms with Gasteiger partial charge in [0.15, 0.2) is 0 Å². The van der Waals surface area contributed by atoms with Gasteiger partial charge in [0.2, 0.25) is 0 Å². The van der Waals surface area contributed by atoms with Gasteiger partial charge in [-0.3, -0.25) is 0 Å². The Labute approximate surface area is 206 Å². The third-order valence-corrected chi connectivity index (χ3v) is 6.23. The van der Waals surface area contributed by atoms with Crippen molar-refractivity contribution >= 4 is 0 Å². The summed E-state index contributed by atoms with van der Waals surface area (Å²) in [4.78, 5) is 0. The fraction of sp³-hybridized carbons (Fsp3) is 0.379. The van der Waals surface area contributed by atoms with Crippen molar-refractivity contribution in [1.82, 2.24) is 0 Å². The summed E-state index contributed by atoms with van der Waals surface area (Å²) in [7, 11) is 0. The third kappa shape index (κ3) is 6.55. The molecule has 35 heavy (non-hydrogen) atoms. The summed E-state index contributed by atoms with van der Waals surface area (Å²) in [6, 6.07) is 30.3.